The fourth-order valence-corrected chi connectivity index (χ4v) is 4.80. The van der Waals surface area contributed by atoms with Crippen molar-refractivity contribution in [1.29, 1.82) is 0 Å². The van der Waals surface area contributed by atoms with Gasteiger partial charge >= 0.3 is 0 Å². The summed E-state index contributed by atoms with van der Waals surface area (Å²) in [5, 5.41) is 7.51. The van der Waals surface area contributed by atoms with Crippen molar-refractivity contribution in [2.24, 2.45) is 5.92 Å². The van der Waals surface area contributed by atoms with Crippen LogP contribution >= 0.6 is 22.7 Å². The fourth-order valence-electron chi connectivity index (χ4n) is 3.33. The molecular weight excluding hydrogens is 390 g/mol. The van der Waals surface area contributed by atoms with Crippen molar-refractivity contribution < 1.29 is 9.59 Å². The molecule has 1 aliphatic heterocycles. The van der Waals surface area contributed by atoms with Crippen LogP contribution < -0.4 is 5.32 Å². The van der Waals surface area contributed by atoms with Gasteiger partial charge in [-0.1, -0.05) is 23.8 Å². The van der Waals surface area contributed by atoms with Crippen LogP contribution in [0.1, 0.15) is 28.8 Å². The Labute approximate surface area is 172 Å². The smallest absolute Gasteiger partial charge is 0.253 e. The van der Waals surface area contributed by atoms with Crippen molar-refractivity contribution in [2.45, 2.75) is 19.8 Å². The summed E-state index contributed by atoms with van der Waals surface area (Å²) in [5.74, 6) is -0.280. The van der Waals surface area contributed by atoms with Crippen molar-refractivity contribution in [3.63, 3.8) is 0 Å². The Morgan fingerprint density at radius 3 is 2.75 bits per heavy atom. The second kappa shape index (κ2) is 8.24. The molecular formula is C21H21N3O2S2. The molecule has 3 aromatic rings. The molecule has 7 heteroatoms. The number of anilines is 1. The molecule has 0 aliphatic carbocycles. The predicted octanol–water partition coefficient (Wildman–Crippen LogP) is 4.67. The second-order valence-corrected chi connectivity index (χ2v) is 8.77. The van der Waals surface area contributed by atoms with Crippen LogP contribution in [0, 0.1) is 12.8 Å². The van der Waals surface area contributed by atoms with Crippen LogP contribution in [0.25, 0.3) is 10.6 Å². The number of likely N-dealkylation sites (tertiary alicyclic amines) is 1. The summed E-state index contributed by atoms with van der Waals surface area (Å²) in [7, 11) is 0. The summed E-state index contributed by atoms with van der Waals surface area (Å²) >= 11 is 3.05. The lowest BCUT2D eigenvalue weighted by atomic mass is 9.96. The zero-order valence-electron chi connectivity index (χ0n) is 15.6. The molecule has 2 aromatic heterocycles. The van der Waals surface area contributed by atoms with E-state index in [1.165, 1.54) is 11.3 Å². The van der Waals surface area contributed by atoms with Gasteiger partial charge in [0.15, 0.2) is 5.13 Å². The van der Waals surface area contributed by atoms with Gasteiger partial charge in [0.05, 0.1) is 16.5 Å². The fraction of sp³-hybridized carbons (Fsp3) is 0.286. The van der Waals surface area contributed by atoms with Gasteiger partial charge in [-0.3, -0.25) is 9.59 Å². The van der Waals surface area contributed by atoms with E-state index in [1.807, 2.05) is 54.1 Å². The third-order valence-corrected chi connectivity index (χ3v) is 6.54. The minimum Gasteiger partial charge on any atom is -0.338 e. The molecule has 1 aromatic carbocycles. The molecule has 144 valence electrons. The molecule has 1 fully saturated rings. The molecule has 28 heavy (non-hydrogen) atoms. The van der Waals surface area contributed by atoms with Crippen molar-refractivity contribution in [1.82, 2.24) is 9.88 Å². The molecule has 0 spiro atoms. The van der Waals surface area contributed by atoms with Crippen molar-refractivity contribution in [3.05, 3.63) is 58.3 Å². The molecule has 4 rings (SSSR count). The molecule has 2 amide bonds. The maximum atomic E-state index is 12.8. The number of thiazole rings is 1. The van der Waals surface area contributed by atoms with Gasteiger partial charge < -0.3 is 10.2 Å². The molecule has 0 radical (unpaired) electrons. The molecule has 0 saturated carbocycles. The van der Waals surface area contributed by atoms with Crippen LogP contribution in [0.2, 0.25) is 0 Å². The number of benzene rings is 1. The normalized spacial score (nSPS) is 16.8. The van der Waals surface area contributed by atoms with Gasteiger partial charge in [-0.25, -0.2) is 4.98 Å². The van der Waals surface area contributed by atoms with Crippen molar-refractivity contribution >= 4 is 39.6 Å². The van der Waals surface area contributed by atoms with E-state index >= 15 is 0 Å². The standard InChI is InChI=1S/C21H21N3O2S2/c1-14-6-8-15(9-7-14)20(26)24-10-2-4-16(12-24)19(25)23-21-22-17(13-28-21)18-5-3-11-27-18/h3,5-9,11,13,16H,2,4,10,12H2,1H3,(H,22,23,25). The number of amides is 2. The molecule has 5 nitrogen and oxygen atoms in total. The van der Waals surface area contributed by atoms with Gasteiger partial charge in [-0.05, 0) is 43.3 Å². The minimum absolute atomic E-state index is 0.00766. The highest BCUT2D eigenvalue weighted by atomic mass is 32.1. The highest BCUT2D eigenvalue weighted by Gasteiger charge is 2.29. The van der Waals surface area contributed by atoms with Crippen LogP contribution in [0.3, 0.4) is 0 Å². The van der Waals surface area contributed by atoms with E-state index in [4.69, 9.17) is 0 Å². The highest BCUT2D eigenvalue weighted by Crippen LogP contribution is 2.29. The van der Waals surface area contributed by atoms with E-state index in [0.29, 0.717) is 23.8 Å². The Bertz CT molecular complexity index is 964. The van der Waals surface area contributed by atoms with E-state index < -0.39 is 0 Å². The van der Waals surface area contributed by atoms with Gasteiger partial charge in [0.25, 0.3) is 5.91 Å². The summed E-state index contributed by atoms with van der Waals surface area (Å²) in [6, 6.07) is 11.6. The van der Waals surface area contributed by atoms with Gasteiger partial charge in [-0.2, -0.15) is 0 Å². The maximum absolute atomic E-state index is 12.8. The Kier molecular flexibility index (Phi) is 5.54. The number of nitrogens with zero attached hydrogens (tertiary/aromatic N) is 2. The molecule has 1 unspecified atom stereocenters. The molecule has 3 heterocycles. The summed E-state index contributed by atoms with van der Waals surface area (Å²) in [5.41, 5.74) is 2.68. The number of thiophene rings is 1. The molecule has 1 saturated heterocycles. The van der Waals surface area contributed by atoms with Crippen LogP contribution in [0.5, 0.6) is 0 Å². The predicted molar refractivity (Wildman–Crippen MR) is 114 cm³/mol. The monoisotopic (exact) mass is 411 g/mol. The lowest BCUT2D eigenvalue weighted by Crippen LogP contribution is -2.43. The van der Waals surface area contributed by atoms with Crippen LogP contribution in [-0.4, -0.2) is 34.8 Å². The average molecular weight is 412 g/mol. The van der Waals surface area contributed by atoms with E-state index in [0.717, 1.165) is 29.0 Å². The SMILES string of the molecule is Cc1ccc(C(=O)N2CCCC(C(=O)Nc3nc(-c4cccs4)cs3)C2)cc1. The average Bonchev–Trinajstić information content (AvgIpc) is 3.40. The summed E-state index contributed by atoms with van der Waals surface area (Å²) < 4.78 is 0. The third-order valence-electron chi connectivity index (χ3n) is 4.89. The van der Waals surface area contributed by atoms with Gasteiger partial charge in [0.2, 0.25) is 5.91 Å². The number of aryl methyl sites for hydroxylation is 1. The van der Waals surface area contributed by atoms with Crippen LogP contribution in [0.4, 0.5) is 5.13 Å². The van der Waals surface area contributed by atoms with Crippen molar-refractivity contribution in [2.75, 3.05) is 18.4 Å². The maximum Gasteiger partial charge on any atom is 0.253 e. The summed E-state index contributed by atoms with van der Waals surface area (Å²) in [4.78, 5) is 32.9. The van der Waals surface area contributed by atoms with E-state index in [1.54, 1.807) is 16.2 Å². The Balaban J connectivity index is 1.39. The Hall–Kier alpha value is -2.51. The number of rotatable bonds is 4. The zero-order valence-corrected chi connectivity index (χ0v) is 17.2. The topological polar surface area (TPSA) is 62.3 Å². The summed E-state index contributed by atoms with van der Waals surface area (Å²) in [6.07, 6.45) is 1.61. The van der Waals surface area contributed by atoms with E-state index in [9.17, 15) is 9.59 Å². The van der Waals surface area contributed by atoms with Gasteiger partial charge in [0.1, 0.15) is 0 Å². The highest BCUT2D eigenvalue weighted by molar-refractivity contribution is 7.16. The number of piperidine rings is 1. The van der Waals surface area contributed by atoms with E-state index in [2.05, 4.69) is 10.3 Å². The lowest BCUT2D eigenvalue weighted by molar-refractivity contribution is -0.121. The zero-order chi connectivity index (χ0) is 19.5. The first-order valence-corrected chi connectivity index (χ1v) is 11.0. The first kappa shape index (κ1) is 18.8. The van der Waals surface area contributed by atoms with E-state index in [-0.39, 0.29) is 17.7 Å². The largest absolute Gasteiger partial charge is 0.338 e. The van der Waals surface area contributed by atoms with Gasteiger partial charge in [-0.15, -0.1) is 22.7 Å². The number of hydrogen-bond acceptors (Lipinski definition) is 5. The number of carbonyl (C=O) groups excluding carboxylic acids is 2. The van der Waals surface area contributed by atoms with Crippen LogP contribution in [-0.2, 0) is 4.79 Å². The quantitative estimate of drug-likeness (QED) is 0.679. The number of hydrogen-bond donors (Lipinski definition) is 1. The third kappa shape index (κ3) is 4.15. The number of carbonyl (C=O) groups is 2. The number of nitrogens with one attached hydrogen (secondary N) is 1. The van der Waals surface area contributed by atoms with Crippen molar-refractivity contribution in [3.8, 4) is 10.6 Å². The molecule has 1 N–H and O–H groups in total. The molecule has 1 aliphatic rings. The summed E-state index contributed by atoms with van der Waals surface area (Å²) in [6.45, 7) is 3.13. The first-order valence-electron chi connectivity index (χ1n) is 9.26. The van der Waals surface area contributed by atoms with Gasteiger partial charge in [0, 0.05) is 24.0 Å². The Morgan fingerprint density at radius 2 is 2.00 bits per heavy atom. The second-order valence-electron chi connectivity index (χ2n) is 6.96. The lowest BCUT2D eigenvalue weighted by Gasteiger charge is -2.32. The number of aromatic nitrogens is 1. The minimum atomic E-state index is -0.211. The Morgan fingerprint density at radius 1 is 1.18 bits per heavy atom. The first-order chi connectivity index (χ1) is 13.6. The molecule has 0 bridgehead atoms. The van der Waals surface area contributed by atoms with Crippen LogP contribution in [0.15, 0.2) is 47.2 Å². The molecule has 1 atom stereocenters.